The molecule has 0 bridgehead atoms. The second-order valence-corrected chi connectivity index (χ2v) is 6.40. The molecule has 1 N–H and O–H groups in total. The molecule has 0 aromatic rings. The number of esters is 3. The van der Waals surface area contributed by atoms with Crippen molar-refractivity contribution in [1.82, 2.24) is 5.32 Å². The lowest BCUT2D eigenvalue weighted by Gasteiger charge is -2.44. The van der Waals surface area contributed by atoms with Crippen LogP contribution in [0.5, 0.6) is 0 Å². The number of ether oxygens (including phenoxy) is 5. The van der Waals surface area contributed by atoms with Gasteiger partial charge in [0.1, 0.15) is 18.8 Å². The Morgan fingerprint density at radius 2 is 1.62 bits per heavy atom. The van der Waals surface area contributed by atoms with E-state index in [4.69, 9.17) is 30.1 Å². The molecule has 1 amide bonds. The Bertz CT molecular complexity index is 642. The zero-order chi connectivity index (χ0) is 22.0. The summed E-state index contributed by atoms with van der Waals surface area (Å²) in [6.45, 7) is 4.75. The zero-order valence-corrected chi connectivity index (χ0v) is 17.0. The largest absolute Gasteiger partial charge is 0.463 e. The molecule has 162 valence electrons. The van der Waals surface area contributed by atoms with E-state index in [-0.39, 0.29) is 13.2 Å². The van der Waals surface area contributed by atoms with E-state index in [0.717, 1.165) is 0 Å². The molecule has 1 heterocycles. The zero-order valence-electron chi connectivity index (χ0n) is 17.0. The topological polar surface area (TPSA) is 126 Å². The SMILES string of the molecule is C#CCCCO[C@H]1O[C@@H](COC(C)=O)[C@@H](OC(C)=O)[C@@H](OC(C)=O)[C@@H]1NC(C)=O. The number of carbonyl (C=O) groups is 4. The van der Waals surface area contributed by atoms with E-state index in [9.17, 15) is 19.2 Å². The van der Waals surface area contributed by atoms with Gasteiger partial charge >= 0.3 is 17.9 Å². The van der Waals surface area contributed by atoms with Crippen LogP contribution in [0.3, 0.4) is 0 Å². The minimum absolute atomic E-state index is 0.205. The standard InChI is InChI=1S/C19H27NO9/c1-6-7-8-9-25-19-16(20-11(2)21)18(28-14(5)24)17(27-13(4)23)15(29-19)10-26-12(3)22/h1,15-19H,7-10H2,2-5H3,(H,20,21)/t15-,16-,17+,18-,19-/m0/s1. The lowest BCUT2D eigenvalue weighted by Crippen LogP contribution is -2.66. The molecule has 1 saturated heterocycles. The van der Waals surface area contributed by atoms with Crippen LogP contribution in [0.15, 0.2) is 0 Å². The minimum Gasteiger partial charge on any atom is -0.463 e. The molecule has 1 rings (SSSR count). The number of unbranched alkanes of at least 4 members (excludes halogenated alkanes) is 1. The first-order chi connectivity index (χ1) is 13.6. The summed E-state index contributed by atoms with van der Waals surface area (Å²) in [5.41, 5.74) is 0. The number of amides is 1. The highest BCUT2D eigenvalue weighted by Gasteiger charge is 2.51. The van der Waals surface area contributed by atoms with Gasteiger partial charge in [0.25, 0.3) is 0 Å². The third-order valence-electron chi connectivity index (χ3n) is 3.82. The van der Waals surface area contributed by atoms with Gasteiger partial charge < -0.3 is 29.0 Å². The molecule has 1 fully saturated rings. The molecular weight excluding hydrogens is 386 g/mol. The predicted octanol–water partition coefficient (Wildman–Crippen LogP) is 0.0725. The summed E-state index contributed by atoms with van der Waals surface area (Å²) in [5.74, 6) is 0.135. The van der Waals surface area contributed by atoms with Gasteiger partial charge in [-0.05, 0) is 6.42 Å². The van der Waals surface area contributed by atoms with Crippen LogP contribution in [0.4, 0.5) is 0 Å². The summed E-state index contributed by atoms with van der Waals surface area (Å²) >= 11 is 0. The Labute approximate surface area is 169 Å². The van der Waals surface area contributed by atoms with Gasteiger partial charge in [-0.2, -0.15) is 0 Å². The van der Waals surface area contributed by atoms with Gasteiger partial charge in [-0.25, -0.2) is 0 Å². The highest BCUT2D eigenvalue weighted by molar-refractivity contribution is 5.73. The van der Waals surface area contributed by atoms with Gasteiger partial charge in [-0.1, -0.05) is 0 Å². The Kier molecular flexibility index (Phi) is 10.1. The lowest BCUT2D eigenvalue weighted by molar-refractivity contribution is -0.277. The monoisotopic (exact) mass is 413 g/mol. The quantitative estimate of drug-likeness (QED) is 0.242. The maximum absolute atomic E-state index is 11.7. The normalized spacial score (nSPS) is 26.0. The van der Waals surface area contributed by atoms with Crippen molar-refractivity contribution in [3.63, 3.8) is 0 Å². The van der Waals surface area contributed by atoms with E-state index < -0.39 is 54.5 Å². The van der Waals surface area contributed by atoms with E-state index in [1.807, 2.05) is 0 Å². The molecule has 0 aliphatic carbocycles. The first-order valence-electron chi connectivity index (χ1n) is 9.11. The summed E-state index contributed by atoms with van der Waals surface area (Å²) in [7, 11) is 0. The van der Waals surface area contributed by atoms with E-state index in [0.29, 0.717) is 12.8 Å². The third kappa shape index (κ3) is 8.50. The third-order valence-corrected chi connectivity index (χ3v) is 3.82. The fourth-order valence-electron chi connectivity index (χ4n) is 2.81. The van der Waals surface area contributed by atoms with Crippen LogP contribution in [-0.2, 0) is 42.9 Å². The smallest absolute Gasteiger partial charge is 0.303 e. The van der Waals surface area contributed by atoms with Gasteiger partial charge in [0.2, 0.25) is 5.91 Å². The van der Waals surface area contributed by atoms with Crippen molar-refractivity contribution >= 4 is 23.8 Å². The summed E-state index contributed by atoms with van der Waals surface area (Å²) < 4.78 is 27.1. The maximum Gasteiger partial charge on any atom is 0.303 e. The molecule has 0 aromatic carbocycles. The first-order valence-corrected chi connectivity index (χ1v) is 9.11. The fourth-order valence-corrected chi connectivity index (χ4v) is 2.81. The number of hydrogen-bond acceptors (Lipinski definition) is 9. The second kappa shape index (κ2) is 12.0. The molecular formula is C19H27NO9. The van der Waals surface area contributed by atoms with Crippen LogP contribution in [0.1, 0.15) is 40.5 Å². The van der Waals surface area contributed by atoms with E-state index in [2.05, 4.69) is 11.2 Å². The molecule has 0 radical (unpaired) electrons. The van der Waals surface area contributed by atoms with Crippen LogP contribution >= 0.6 is 0 Å². The second-order valence-electron chi connectivity index (χ2n) is 6.40. The van der Waals surface area contributed by atoms with Gasteiger partial charge in [0.15, 0.2) is 18.5 Å². The van der Waals surface area contributed by atoms with Gasteiger partial charge in [0.05, 0.1) is 6.61 Å². The number of rotatable bonds is 9. The molecule has 0 spiro atoms. The van der Waals surface area contributed by atoms with Gasteiger partial charge in [0, 0.05) is 34.1 Å². The van der Waals surface area contributed by atoms with E-state index >= 15 is 0 Å². The van der Waals surface area contributed by atoms with Crippen molar-refractivity contribution in [2.24, 2.45) is 0 Å². The van der Waals surface area contributed by atoms with Crippen LogP contribution in [0.2, 0.25) is 0 Å². The highest BCUT2D eigenvalue weighted by Crippen LogP contribution is 2.28. The summed E-state index contributed by atoms with van der Waals surface area (Å²) in [4.78, 5) is 46.3. The molecule has 1 aliphatic heterocycles. The van der Waals surface area contributed by atoms with Gasteiger partial charge in [-0.3, -0.25) is 19.2 Å². The lowest BCUT2D eigenvalue weighted by atomic mass is 9.96. The first kappa shape index (κ1) is 24.4. The van der Waals surface area contributed by atoms with E-state index in [1.54, 1.807) is 0 Å². The number of nitrogens with one attached hydrogen (secondary N) is 1. The van der Waals surface area contributed by atoms with Crippen molar-refractivity contribution < 1.29 is 42.9 Å². The van der Waals surface area contributed by atoms with Crippen molar-refractivity contribution in [1.29, 1.82) is 0 Å². The fraction of sp³-hybridized carbons (Fsp3) is 0.684. The van der Waals surface area contributed by atoms with Crippen molar-refractivity contribution in [3.8, 4) is 12.3 Å². The predicted molar refractivity (Wildman–Crippen MR) is 98.0 cm³/mol. The molecule has 10 heteroatoms. The minimum atomic E-state index is -1.14. The van der Waals surface area contributed by atoms with Crippen molar-refractivity contribution in [2.45, 2.75) is 71.2 Å². The Hall–Kier alpha value is -2.64. The average Bonchev–Trinajstić information content (AvgIpc) is 2.60. The van der Waals surface area contributed by atoms with Crippen molar-refractivity contribution in [2.75, 3.05) is 13.2 Å². The Morgan fingerprint density at radius 3 is 2.14 bits per heavy atom. The summed E-state index contributed by atoms with van der Waals surface area (Å²) in [6, 6.07) is -0.972. The maximum atomic E-state index is 11.7. The van der Waals surface area contributed by atoms with Gasteiger partial charge in [-0.15, -0.1) is 12.3 Å². The summed E-state index contributed by atoms with van der Waals surface area (Å²) in [6.07, 6.45) is 1.90. The van der Waals surface area contributed by atoms with E-state index in [1.165, 1.54) is 27.7 Å². The molecule has 29 heavy (non-hydrogen) atoms. The summed E-state index contributed by atoms with van der Waals surface area (Å²) in [5, 5.41) is 2.61. The van der Waals surface area contributed by atoms with Crippen LogP contribution in [0, 0.1) is 12.3 Å². The van der Waals surface area contributed by atoms with Crippen LogP contribution < -0.4 is 5.32 Å². The number of carbonyl (C=O) groups excluding carboxylic acids is 4. The molecule has 0 aromatic heterocycles. The highest BCUT2D eigenvalue weighted by atomic mass is 16.7. The van der Waals surface area contributed by atoms with Crippen molar-refractivity contribution in [3.05, 3.63) is 0 Å². The average molecular weight is 413 g/mol. The van der Waals surface area contributed by atoms with Crippen LogP contribution in [-0.4, -0.2) is 67.7 Å². The molecule has 10 nitrogen and oxygen atoms in total. The number of terminal acetylenes is 1. The molecule has 1 aliphatic rings. The Balaban J connectivity index is 3.19. The molecule has 0 saturated carbocycles. The number of hydrogen-bond donors (Lipinski definition) is 1. The molecule has 0 unspecified atom stereocenters. The Morgan fingerprint density at radius 1 is 1.00 bits per heavy atom. The molecule has 5 atom stereocenters. The van der Waals surface area contributed by atoms with Crippen LogP contribution in [0.25, 0.3) is 0 Å².